The number of rotatable bonds is 11. The van der Waals surface area contributed by atoms with Crippen molar-refractivity contribution in [1.29, 1.82) is 0 Å². The molecule has 8 unspecified atom stereocenters. The van der Waals surface area contributed by atoms with Crippen LogP contribution in [0.15, 0.2) is 97.1 Å². The number of carboxylic acids is 2. The molecule has 14 nitrogen and oxygen atoms in total. The Bertz CT molecular complexity index is 2470. The van der Waals surface area contributed by atoms with E-state index in [-0.39, 0.29) is 42.4 Å². The summed E-state index contributed by atoms with van der Waals surface area (Å²) in [6, 6.07) is 31.4. The molecule has 0 spiro atoms. The molecule has 2 aliphatic heterocycles. The number of piperidine rings is 1. The van der Waals surface area contributed by atoms with Crippen LogP contribution in [0, 0.1) is 61.2 Å². The van der Waals surface area contributed by atoms with E-state index in [9.17, 15) is 48.6 Å². The van der Waals surface area contributed by atoms with E-state index in [2.05, 4.69) is 66.1 Å². The second-order valence-electron chi connectivity index (χ2n) is 17.5. The summed E-state index contributed by atoms with van der Waals surface area (Å²) in [4.78, 5) is 102. The molecule has 2 heterocycles. The second kappa shape index (κ2) is 18.8. The van der Waals surface area contributed by atoms with E-state index in [1.807, 2.05) is 31.2 Å². The average molecular weight is 869 g/mol. The first-order chi connectivity index (χ1) is 30.5. The first-order valence-corrected chi connectivity index (χ1v) is 21.5. The third-order valence-corrected chi connectivity index (χ3v) is 13.4. The van der Waals surface area contributed by atoms with Crippen LogP contribution < -0.4 is 15.5 Å². The fourth-order valence-corrected chi connectivity index (χ4v) is 10.0. The van der Waals surface area contributed by atoms with E-state index >= 15 is 0 Å². The molecule has 14 heteroatoms. The second-order valence-corrected chi connectivity index (χ2v) is 17.5. The molecule has 332 valence electrons. The normalized spacial score (nSPS) is 24.7. The molecule has 4 aliphatic rings. The highest BCUT2D eigenvalue weighted by Gasteiger charge is 2.61. The van der Waals surface area contributed by atoms with Gasteiger partial charge in [-0.2, -0.15) is 0 Å². The standard InChI is InChI=1S/C25H28N2O6.C25H24N2O4/c1-14-3-5-15(6-4-14)11-16-7-9-17(10-8-16)27-23(30)19-12-20(25(32)33)22(24(31)26-2)18(19)13-21(28)29;1-14-3-5-15(6-4-14)11-16-7-9-17(10-8-16)27-21(28)13-18-19(24(27)30)12-20-22(18)25(31)26(2)23(20)29/h3-10,18-20,22H,11-13H2,1-2H3,(H,26,31)(H,27,30)(H,28,29)(H,32,33);3-10,18-20,22H,11-13H2,1-2H3. The number of carbonyl (C=O) groups is 8. The molecule has 0 radical (unpaired) electrons. The summed E-state index contributed by atoms with van der Waals surface area (Å²) in [5.41, 5.74) is 8.00. The van der Waals surface area contributed by atoms with Gasteiger partial charge >= 0.3 is 11.9 Å². The van der Waals surface area contributed by atoms with Gasteiger partial charge < -0.3 is 20.8 Å². The molecule has 8 rings (SSSR count). The van der Waals surface area contributed by atoms with Crippen molar-refractivity contribution < 1.29 is 48.6 Å². The Morgan fingerprint density at radius 3 is 1.66 bits per heavy atom. The number of amides is 6. The molecule has 0 aromatic heterocycles. The van der Waals surface area contributed by atoms with Gasteiger partial charge in [0.25, 0.3) is 0 Å². The Morgan fingerprint density at radius 2 is 1.16 bits per heavy atom. The number of hydrogen-bond donors (Lipinski definition) is 4. The Morgan fingerprint density at radius 1 is 0.641 bits per heavy atom. The molecule has 64 heavy (non-hydrogen) atoms. The minimum absolute atomic E-state index is 0.0945. The van der Waals surface area contributed by atoms with Crippen molar-refractivity contribution in [2.24, 2.45) is 47.3 Å². The van der Waals surface area contributed by atoms with Crippen molar-refractivity contribution in [2.75, 3.05) is 24.3 Å². The monoisotopic (exact) mass is 868 g/mol. The van der Waals surface area contributed by atoms with Gasteiger partial charge in [0.2, 0.25) is 35.4 Å². The summed E-state index contributed by atoms with van der Waals surface area (Å²) in [5, 5.41) is 24.1. The van der Waals surface area contributed by atoms with Crippen molar-refractivity contribution in [3.05, 3.63) is 130 Å². The molecule has 4 aromatic carbocycles. The van der Waals surface area contributed by atoms with E-state index < -0.39 is 71.6 Å². The van der Waals surface area contributed by atoms with E-state index in [0.29, 0.717) is 17.8 Å². The number of carboxylic acid groups (broad SMARTS) is 2. The number of imide groups is 2. The van der Waals surface area contributed by atoms with Crippen molar-refractivity contribution in [3.63, 3.8) is 0 Å². The summed E-state index contributed by atoms with van der Waals surface area (Å²) in [7, 11) is 2.85. The number of likely N-dealkylation sites (tertiary alicyclic amines) is 1. The van der Waals surface area contributed by atoms with Crippen molar-refractivity contribution in [1.82, 2.24) is 10.2 Å². The number of hydrogen-bond acceptors (Lipinski definition) is 8. The van der Waals surface area contributed by atoms with Gasteiger partial charge in [-0.1, -0.05) is 83.9 Å². The molecule has 6 amide bonds. The lowest BCUT2D eigenvalue weighted by Crippen LogP contribution is -2.49. The van der Waals surface area contributed by atoms with Crippen molar-refractivity contribution in [2.45, 2.75) is 52.4 Å². The molecule has 2 aliphatic carbocycles. The van der Waals surface area contributed by atoms with Gasteiger partial charge in [-0.05, 0) is 97.9 Å². The van der Waals surface area contributed by atoms with E-state index in [1.54, 1.807) is 24.3 Å². The zero-order valence-corrected chi connectivity index (χ0v) is 36.2. The summed E-state index contributed by atoms with van der Waals surface area (Å²) >= 11 is 0. The van der Waals surface area contributed by atoms with Crippen LogP contribution in [0.1, 0.15) is 59.1 Å². The maximum Gasteiger partial charge on any atom is 0.307 e. The number of nitrogens with zero attached hydrogens (tertiary/aromatic N) is 2. The van der Waals surface area contributed by atoms with Crippen molar-refractivity contribution >= 4 is 58.8 Å². The first kappa shape index (κ1) is 45.1. The van der Waals surface area contributed by atoms with E-state index in [4.69, 9.17) is 0 Å². The average Bonchev–Trinajstić information content (AvgIpc) is 3.90. The predicted octanol–water partition coefficient (Wildman–Crippen LogP) is 5.41. The van der Waals surface area contributed by atoms with Crippen LogP contribution in [0.5, 0.6) is 0 Å². The molecule has 2 saturated carbocycles. The number of nitrogens with one attached hydrogen (secondary N) is 2. The molecular weight excluding hydrogens is 817 g/mol. The Balaban J connectivity index is 0.000000192. The van der Waals surface area contributed by atoms with Crippen LogP contribution in [0.3, 0.4) is 0 Å². The van der Waals surface area contributed by atoms with Gasteiger partial charge in [0, 0.05) is 44.5 Å². The summed E-state index contributed by atoms with van der Waals surface area (Å²) < 4.78 is 0. The molecule has 4 N–H and O–H groups in total. The lowest BCUT2D eigenvalue weighted by molar-refractivity contribution is -0.148. The van der Waals surface area contributed by atoms with Gasteiger partial charge in [0.1, 0.15) is 0 Å². The van der Waals surface area contributed by atoms with Crippen LogP contribution in [-0.4, -0.2) is 76.6 Å². The topological polar surface area (TPSA) is 208 Å². The Hall–Kier alpha value is -6.96. The minimum atomic E-state index is -1.21. The smallest absolute Gasteiger partial charge is 0.307 e. The number of anilines is 2. The predicted molar refractivity (Wildman–Crippen MR) is 235 cm³/mol. The molecule has 4 aromatic rings. The number of benzene rings is 4. The SMILES string of the molecule is CNC(=O)C1C(C(=O)O)CC(C(=O)Nc2ccc(Cc3ccc(C)cc3)cc2)C1CC(=O)O.Cc1ccc(Cc2ccc(N3C(=O)CC4C(CC5C(=O)N(C)C(=O)C54)C3=O)cc2)cc1. The first-order valence-electron chi connectivity index (χ1n) is 21.5. The minimum Gasteiger partial charge on any atom is -0.481 e. The van der Waals surface area contributed by atoms with Crippen LogP contribution in [0.25, 0.3) is 0 Å². The number of carbonyl (C=O) groups excluding carboxylic acids is 6. The fraction of sp³-hybridized carbons (Fsp3) is 0.360. The highest BCUT2D eigenvalue weighted by molar-refractivity contribution is 6.19. The maximum atomic E-state index is 13.2. The summed E-state index contributed by atoms with van der Waals surface area (Å²) in [6.07, 6.45) is 1.42. The van der Waals surface area contributed by atoms with Gasteiger partial charge in [0.15, 0.2) is 0 Å². The number of aryl methyl sites for hydroxylation is 2. The Kier molecular flexibility index (Phi) is 13.2. The lowest BCUT2D eigenvalue weighted by Gasteiger charge is -2.34. The Labute approximate surface area is 371 Å². The van der Waals surface area contributed by atoms with Crippen LogP contribution in [-0.2, 0) is 51.2 Å². The zero-order valence-electron chi connectivity index (χ0n) is 36.2. The third-order valence-electron chi connectivity index (χ3n) is 13.4. The maximum absolute atomic E-state index is 13.2. The third kappa shape index (κ3) is 9.36. The molecular formula is C50H52N4O10. The molecule has 0 bridgehead atoms. The molecule has 8 atom stereocenters. The lowest BCUT2D eigenvalue weighted by atomic mass is 9.81. The summed E-state index contributed by atoms with van der Waals surface area (Å²) in [6.45, 7) is 4.08. The fourth-order valence-electron chi connectivity index (χ4n) is 10.0. The summed E-state index contributed by atoms with van der Waals surface area (Å²) in [5.74, 6) is -10.4. The van der Waals surface area contributed by atoms with Crippen molar-refractivity contribution in [3.8, 4) is 0 Å². The van der Waals surface area contributed by atoms with Crippen LogP contribution in [0.4, 0.5) is 11.4 Å². The molecule has 2 saturated heterocycles. The highest BCUT2D eigenvalue weighted by atomic mass is 16.4. The van der Waals surface area contributed by atoms with Crippen LogP contribution >= 0.6 is 0 Å². The van der Waals surface area contributed by atoms with Gasteiger partial charge in [-0.25, -0.2) is 0 Å². The van der Waals surface area contributed by atoms with E-state index in [0.717, 1.165) is 28.9 Å². The largest absolute Gasteiger partial charge is 0.481 e. The number of fused-ring (bicyclic) bond motifs is 3. The quantitative estimate of drug-likeness (QED) is 0.141. The highest BCUT2D eigenvalue weighted by Crippen LogP contribution is 2.51. The van der Waals surface area contributed by atoms with Gasteiger partial charge in [0.05, 0.1) is 29.4 Å². The molecule has 4 fully saturated rings. The number of aliphatic carboxylic acids is 2. The van der Waals surface area contributed by atoms with Crippen LogP contribution in [0.2, 0.25) is 0 Å². The zero-order chi connectivity index (χ0) is 46.0. The van der Waals surface area contributed by atoms with E-state index in [1.165, 1.54) is 41.2 Å². The van der Waals surface area contributed by atoms with Gasteiger partial charge in [-0.3, -0.25) is 48.2 Å². The van der Waals surface area contributed by atoms with Gasteiger partial charge in [-0.15, -0.1) is 0 Å².